The third kappa shape index (κ3) is 5.80. The third-order valence-corrected chi connectivity index (χ3v) is 4.76. The number of hydrogen-bond donors (Lipinski definition) is 3. The molecule has 158 valence electrons. The summed E-state index contributed by atoms with van der Waals surface area (Å²) >= 11 is 0. The molecule has 2 aromatic rings. The molecule has 0 aliphatic heterocycles. The molecule has 8 nitrogen and oxygen atoms in total. The molecule has 0 aliphatic rings. The lowest BCUT2D eigenvalue weighted by Gasteiger charge is -2.21. The highest BCUT2D eigenvalue weighted by molar-refractivity contribution is 5.90. The molecule has 1 aromatic heterocycles. The van der Waals surface area contributed by atoms with Gasteiger partial charge in [0.1, 0.15) is 11.6 Å². The van der Waals surface area contributed by atoms with Crippen molar-refractivity contribution in [2.75, 3.05) is 31.9 Å². The number of ether oxygens (including phenoxy) is 2. The van der Waals surface area contributed by atoms with Gasteiger partial charge in [-0.25, -0.2) is 9.78 Å². The summed E-state index contributed by atoms with van der Waals surface area (Å²) in [6.45, 7) is 4.07. The van der Waals surface area contributed by atoms with Crippen molar-refractivity contribution in [1.82, 2.24) is 9.97 Å². The van der Waals surface area contributed by atoms with Crippen LogP contribution in [0.1, 0.15) is 53.4 Å². The van der Waals surface area contributed by atoms with Crippen molar-refractivity contribution in [1.29, 1.82) is 0 Å². The van der Waals surface area contributed by atoms with Crippen LogP contribution in [0.5, 0.6) is 5.75 Å². The Morgan fingerprint density at radius 1 is 1.28 bits per heavy atom. The van der Waals surface area contributed by atoms with E-state index >= 15 is 0 Å². The Kier molecular flexibility index (Phi) is 8.21. The van der Waals surface area contributed by atoms with E-state index in [4.69, 9.17) is 15.2 Å². The van der Waals surface area contributed by atoms with Crippen LogP contribution in [0.4, 0.5) is 11.8 Å². The first-order valence-corrected chi connectivity index (χ1v) is 9.69. The van der Waals surface area contributed by atoms with Crippen LogP contribution in [0.2, 0.25) is 0 Å². The average Bonchev–Trinajstić information content (AvgIpc) is 2.70. The van der Waals surface area contributed by atoms with Crippen LogP contribution >= 0.6 is 0 Å². The summed E-state index contributed by atoms with van der Waals surface area (Å²) in [5.74, 6) is 1.01. The number of esters is 1. The average molecular weight is 402 g/mol. The molecule has 1 aromatic carbocycles. The summed E-state index contributed by atoms with van der Waals surface area (Å²) in [5, 5.41) is 12.8. The van der Waals surface area contributed by atoms with Gasteiger partial charge in [-0.1, -0.05) is 19.4 Å². The zero-order valence-corrected chi connectivity index (χ0v) is 17.5. The van der Waals surface area contributed by atoms with Crippen LogP contribution in [0, 0.1) is 6.92 Å². The van der Waals surface area contributed by atoms with Gasteiger partial charge < -0.3 is 25.6 Å². The van der Waals surface area contributed by atoms with Crippen molar-refractivity contribution in [2.45, 2.75) is 45.6 Å². The Balaban J connectivity index is 2.40. The minimum Gasteiger partial charge on any atom is -0.496 e. The van der Waals surface area contributed by atoms with E-state index in [9.17, 15) is 9.90 Å². The molecular weight excluding hydrogens is 372 g/mol. The lowest BCUT2D eigenvalue weighted by Crippen LogP contribution is -2.23. The van der Waals surface area contributed by atoms with Crippen molar-refractivity contribution in [3.8, 4) is 5.75 Å². The molecule has 2 rings (SSSR count). The Bertz CT molecular complexity index is 836. The van der Waals surface area contributed by atoms with E-state index in [1.807, 2.05) is 13.0 Å². The molecule has 29 heavy (non-hydrogen) atoms. The highest BCUT2D eigenvalue weighted by Crippen LogP contribution is 2.28. The molecule has 1 atom stereocenters. The number of aryl methyl sites for hydroxylation is 1. The topological polar surface area (TPSA) is 120 Å². The van der Waals surface area contributed by atoms with Gasteiger partial charge in [-0.15, -0.1) is 0 Å². The van der Waals surface area contributed by atoms with Crippen molar-refractivity contribution in [3.63, 3.8) is 0 Å². The predicted octanol–water partition coefficient (Wildman–Crippen LogP) is 2.72. The Morgan fingerprint density at radius 3 is 2.66 bits per heavy atom. The van der Waals surface area contributed by atoms with Crippen LogP contribution in [-0.2, 0) is 11.2 Å². The summed E-state index contributed by atoms with van der Waals surface area (Å²) in [6.07, 6.45) is 3.00. The van der Waals surface area contributed by atoms with Crippen molar-refractivity contribution in [2.24, 2.45) is 0 Å². The van der Waals surface area contributed by atoms with Gasteiger partial charge in [-0.3, -0.25) is 0 Å². The highest BCUT2D eigenvalue weighted by Gasteiger charge is 2.18. The zero-order chi connectivity index (χ0) is 21.4. The molecule has 8 heteroatoms. The van der Waals surface area contributed by atoms with Crippen LogP contribution < -0.4 is 15.8 Å². The molecule has 0 amide bonds. The monoisotopic (exact) mass is 402 g/mol. The number of anilines is 2. The number of carbonyl (C=O) groups is 1. The van der Waals surface area contributed by atoms with E-state index in [2.05, 4.69) is 22.2 Å². The van der Waals surface area contributed by atoms with Gasteiger partial charge in [0, 0.05) is 30.3 Å². The molecule has 0 saturated carbocycles. The fourth-order valence-electron chi connectivity index (χ4n) is 3.26. The summed E-state index contributed by atoms with van der Waals surface area (Å²) in [6, 6.07) is 5.28. The van der Waals surface area contributed by atoms with Gasteiger partial charge in [-0.05, 0) is 37.5 Å². The van der Waals surface area contributed by atoms with E-state index in [0.29, 0.717) is 30.0 Å². The second kappa shape index (κ2) is 10.6. The maximum absolute atomic E-state index is 11.8. The van der Waals surface area contributed by atoms with Gasteiger partial charge in [0.2, 0.25) is 5.95 Å². The third-order valence-electron chi connectivity index (χ3n) is 4.76. The van der Waals surface area contributed by atoms with Gasteiger partial charge in [0.05, 0.1) is 19.8 Å². The first-order chi connectivity index (χ1) is 13.9. The van der Waals surface area contributed by atoms with Gasteiger partial charge in [0.15, 0.2) is 0 Å². The number of nitrogens with two attached hydrogens (primary N) is 1. The van der Waals surface area contributed by atoms with Gasteiger partial charge in [-0.2, -0.15) is 4.98 Å². The summed E-state index contributed by atoms with van der Waals surface area (Å²) in [5.41, 5.74) is 8.84. The Morgan fingerprint density at radius 2 is 2.03 bits per heavy atom. The van der Waals surface area contributed by atoms with Crippen LogP contribution in [0.25, 0.3) is 0 Å². The first-order valence-electron chi connectivity index (χ1n) is 9.69. The fourth-order valence-corrected chi connectivity index (χ4v) is 3.26. The number of benzene rings is 1. The number of nitrogens with zero attached hydrogens (tertiary/aromatic N) is 2. The molecule has 0 radical (unpaired) electrons. The standard InChI is InChI=1S/C21H30N4O4/c1-5-6-16(9-10-26)24-19-17(13(2)23-21(22)25-19)11-14-7-8-15(20(27)29-4)12-18(14)28-3/h7-8,12,16,26H,5-6,9-11H2,1-4H3,(H3,22,23,24,25). The molecule has 0 bridgehead atoms. The number of carbonyl (C=O) groups excluding carboxylic acids is 1. The smallest absolute Gasteiger partial charge is 0.337 e. The van der Waals surface area contributed by atoms with E-state index in [1.165, 1.54) is 7.11 Å². The van der Waals surface area contributed by atoms with Gasteiger partial charge in [0.25, 0.3) is 0 Å². The van der Waals surface area contributed by atoms with E-state index < -0.39 is 5.97 Å². The summed E-state index contributed by atoms with van der Waals surface area (Å²) in [7, 11) is 2.90. The molecule has 1 unspecified atom stereocenters. The van der Waals surface area contributed by atoms with E-state index in [-0.39, 0.29) is 18.6 Å². The Hall–Kier alpha value is -2.87. The number of aromatic nitrogens is 2. The normalized spacial score (nSPS) is 11.8. The quantitative estimate of drug-likeness (QED) is 0.519. The van der Waals surface area contributed by atoms with E-state index in [0.717, 1.165) is 29.7 Å². The van der Waals surface area contributed by atoms with Crippen LogP contribution in [0.15, 0.2) is 18.2 Å². The van der Waals surface area contributed by atoms with E-state index in [1.54, 1.807) is 19.2 Å². The molecule has 0 fully saturated rings. The number of nitrogens with one attached hydrogen (secondary N) is 1. The maximum atomic E-state index is 11.8. The van der Waals surface area contributed by atoms with Crippen LogP contribution in [0.3, 0.4) is 0 Å². The van der Waals surface area contributed by atoms with Crippen molar-refractivity contribution < 1.29 is 19.4 Å². The number of methoxy groups -OCH3 is 2. The van der Waals surface area contributed by atoms with Crippen molar-refractivity contribution >= 4 is 17.7 Å². The van der Waals surface area contributed by atoms with Crippen molar-refractivity contribution in [3.05, 3.63) is 40.6 Å². The molecule has 4 N–H and O–H groups in total. The Labute approximate surface area is 171 Å². The molecular formula is C21H30N4O4. The number of hydrogen-bond acceptors (Lipinski definition) is 8. The zero-order valence-electron chi connectivity index (χ0n) is 17.5. The second-order valence-corrected chi connectivity index (χ2v) is 6.83. The van der Waals surface area contributed by atoms with Gasteiger partial charge >= 0.3 is 5.97 Å². The number of aliphatic hydroxyl groups is 1. The lowest BCUT2D eigenvalue weighted by atomic mass is 10.0. The largest absolute Gasteiger partial charge is 0.496 e. The van der Waals surface area contributed by atoms with Crippen LogP contribution in [-0.4, -0.2) is 47.9 Å². The second-order valence-electron chi connectivity index (χ2n) is 6.83. The maximum Gasteiger partial charge on any atom is 0.337 e. The molecule has 0 spiro atoms. The SMILES string of the molecule is CCCC(CCO)Nc1nc(N)nc(C)c1Cc1ccc(C(=O)OC)cc1OC. The number of aliphatic hydroxyl groups excluding tert-OH is 1. The summed E-state index contributed by atoms with van der Waals surface area (Å²) < 4.78 is 10.3. The lowest BCUT2D eigenvalue weighted by molar-refractivity contribution is 0.0600. The molecule has 0 aliphatic carbocycles. The number of rotatable bonds is 10. The first kappa shape index (κ1) is 22.4. The fraction of sp³-hybridized carbons (Fsp3) is 0.476. The molecule has 1 heterocycles. The predicted molar refractivity (Wildman–Crippen MR) is 112 cm³/mol. The minimum atomic E-state index is -0.421. The summed E-state index contributed by atoms with van der Waals surface area (Å²) in [4.78, 5) is 20.5. The number of nitrogen functional groups attached to an aromatic ring is 1. The highest BCUT2D eigenvalue weighted by atomic mass is 16.5. The minimum absolute atomic E-state index is 0.0843. The molecule has 0 saturated heterocycles.